The third-order valence-electron chi connectivity index (χ3n) is 1.86. The summed E-state index contributed by atoms with van der Waals surface area (Å²) in [5, 5.41) is 0. The Hall–Kier alpha value is -0.680. The smallest absolute Gasteiger partial charge is 0.313 e. The van der Waals surface area contributed by atoms with Crippen LogP contribution in [0, 0.1) is 0 Å². The minimum absolute atomic E-state index is 0.204. The van der Waals surface area contributed by atoms with E-state index < -0.39 is 5.97 Å². The lowest BCUT2D eigenvalue weighted by Crippen LogP contribution is -2.15. The van der Waals surface area contributed by atoms with Gasteiger partial charge in [0.2, 0.25) is 0 Å². The maximum atomic E-state index is 11.8. The number of rotatable bonds is 4. The molecule has 1 aromatic carbocycles. The van der Waals surface area contributed by atoms with E-state index in [1.54, 1.807) is 26.0 Å². The van der Waals surface area contributed by atoms with E-state index in [4.69, 9.17) is 4.74 Å². The molecule has 92 valence electrons. The first-order valence-corrected chi connectivity index (χ1v) is 6.66. The van der Waals surface area contributed by atoms with Crippen LogP contribution in [0.3, 0.4) is 0 Å². The van der Waals surface area contributed by atoms with Gasteiger partial charge in [-0.15, -0.1) is 0 Å². The van der Waals surface area contributed by atoms with Crippen molar-refractivity contribution in [1.29, 1.82) is 0 Å². The molecule has 0 atom stereocenters. The van der Waals surface area contributed by atoms with Crippen LogP contribution in [0.4, 0.5) is 0 Å². The van der Waals surface area contributed by atoms with Crippen molar-refractivity contribution in [3.63, 3.8) is 0 Å². The second-order valence-corrected chi connectivity index (χ2v) is 5.63. The highest BCUT2D eigenvalue weighted by molar-refractivity contribution is 9.11. The molecule has 0 N–H and O–H groups in total. The molecule has 0 aliphatic heterocycles. The molecule has 0 saturated heterocycles. The lowest BCUT2D eigenvalue weighted by atomic mass is 10.1. The van der Waals surface area contributed by atoms with E-state index in [0.29, 0.717) is 5.56 Å². The van der Waals surface area contributed by atoms with Crippen LogP contribution in [-0.4, -0.2) is 17.9 Å². The molecule has 5 heteroatoms. The number of carbonyl (C=O) groups is 2. The number of ether oxygens (including phenoxy) is 1. The first kappa shape index (κ1) is 14.4. The molecule has 0 aliphatic rings. The van der Waals surface area contributed by atoms with Crippen molar-refractivity contribution in [2.45, 2.75) is 26.4 Å². The molecule has 1 aromatic rings. The zero-order valence-corrected chi connectivity index (χ0v) is 12.7. The van der Waals surface area contributed by atoms with Crippen molar-refractivity contribution >= 4 is 43.6 Å². The highest BCUT2D eigenvalue weighted by Gasteiger charge is 2.14. The van der Waals surface area contributed by atoms with E-state index in [1.807, 2.05) is 6.07 Å². The number of esters is 1. The van der Waals surface area contributed by atoms with Crippen LogP contribution in [0.5, 0.6) is 0 Å². The lowest BCUT2D eigenvalue weighted by molar-refractivity contribution is -0.146. The Balaban J connectivity index is 2.73. The maximum Gasteiger partial charge on any atom is 0.313 e. The molecule has 3 nitrogen and oxygen atoms in total. The standard InChI is InChI=1S/C12H12Br2O3/c1-7(2)17-12(16)6-11(15)8-3-9(13)5-10(14)4-8/h3-5,7H,6H2,1-2H3. The second-order valence-electron chi connectivity index (χ2n) is 3.80. The molecule has 0 aliphatic carbocycles. The fraction of sp³-hybridized carbons (Fsp3) is 0.333. The first-order valence-electron chi connectivity index (χ1n) is 5.07. The van der Waals surface area contributed by atoms with Crippen LogP contribution in [0.2, 0.25) is 0 Å². The topological polar surface area (TPSA) is 43.4 Å². The quantitative estimate of drug-likeness (QED) is 0.465. The fourth-order valence-electron chi connectivity index (χ4n) is 1.25. The fourth-order valence-corrected chi connectivity index (χ4v) is 2.55. The molecule has 0 fully saturated rings. The highest BCUT2D eigenvalue weighted by atomic mass is 79.9. The molecule has 0 saturated carbocycles. The summed E-state index contributed by atoms with van der Waals surface area (Å²) in [6.45, 7) is 3.50. The molecular weight excluding hydrogens is 352 g/mol. The minimum Gasteiger partial charge on any atom is -0.463 e. The van der Waals surface area contributed by atoms with E-state index in [9.17, 15) is 9.59 Å². The van der Waals surface area contributed by atoms with Crippen LogP contribution < -0.4 is 0 Å². The zero-order valence-electron chi connectivity index (χ0n) is 9.50. The zero-order chi connectivity index (χ0) is 13.0. The van der Waals surface area contributed by atoms with Gasteiger partial charge in [0, 0.05) is 14.5 Å². The Kier molecular flexibility index (Phi) is 5.33. The molecule has 0 aromatic heterocycles. The van der Waals surface area contributed by atoms with Crippen molar-refractivity contribution in [1.82, 2.24) is 0 Å². The van der Waals surface area contributed by atoms with E-state index in [1.165, 1.54) is 0 Å². The van der Waals surface area contributed by atoms with Gasteiger partial charge < -0.3 is 4.74 Å². The lowest BCUT2D eigenvalue weighted by Gasteiger charge is -2.07. The number of hydrogen-bond donors (Lipinski definition) is 0. The summed E-state index contributed by atoms with van der Waals surface area (Å²) in [4.78, 5) is 23.1. The Bertz CT molecular complexity index is 421. The van der Waals surface area contributed by atoms with E-state index in [-0.39, 0.29) is 18.3 Å². The van der Waals surface area contributed by atoms with Gasteiger partial charge in [0.15, 0.2) is 5.78 Å². The summed E-state index contributed by atoms with van der Waals surface area (Å²) < 4.78 is 6.49. The van der Waals surface area contributed by atoms with E-state index in [0.717, 1.165) is 8.95 Å². The van der Waals surface area contributed by atoms with Crippen LogP contribution in [0.15, 0.2) is 27.1 Å². The summed E-state index contributed by atoms with van der Waals surface area (Å²) in [5.41, 5.74) is 0.479. The van der Waals surface area contributed by atoms with Gasteiger partial charge in [-0.2, -0.15) is 0 Å². The monoisotopic (exact) mass is 362 g/mol. The molecular formula is C12H12Br2O3. The molecule has 0 spiro atoms. The third-order valence-corrected chi connectivity index (χ3v) is 2.77. The highest BCUT2D eigenvalue weighted by Crippen LogP contribution is 2.21. The Morgan fingerprint density at radius 2 is 1.71 bits per heavy atom. The average molecular weight is 364 g/mol. The normalized spacial score (nSPS) is 10.4. The van der Waals surface area contributed by atoms with Gasteiger partial charge in [0.25, 0.3) is 0 Å². The predicted octanol–water partition coefficient (Wildman–Crippen LogP) is 3.74. The number of halogens is 2. The van der Waals surface area contributed by atoms with Crippen molar-refractivity contribution < 1.29 is 14.3 Å². The second kappa shape index (κ2) is 6.31. The minimum atomic E-state index is -0.499. The predicted molar refractivity (Wildman–Crippen MR) is 72.0 cm³/mol. The Morgan fingerprint density at radius 3 is 2.18 bits per heavy atom. The van der Waals surface area contributed by atoms with Crippen molar-refractivity contribution in [2.75, 3.05) is 0 Å². The van der Waals surface area contributed by atoms with Crippen molar-refractivity contribution in [2.24, 2.45) is 0 Å². The van der Waals surface area contributed by atoms with Gasteiger partial charge in [-0.25, -0.2) is 0 Å². The molecule has 0 bridgehead atoms. The molecule has 0 heterocycles. The largest absolute Gasteiger partial charge is 0.463 e. The van der Waals surface area contributed by atoms with Crippen LogP contribution >= 0.6 is 31.9 Å². The molecule has 0 amide bonds. The first-order chi connectivity index (χ1) is 7.88. The summed E-state index contributed by atoms with van der Waals surface area (Å²) in [6.07, 6.45) is -0.439. The molecule has 17 heavy (non-hydrogen) atoms. The van der Waals surface area contributed by atoms with Gasteiger partial charge in [-0.3, -0.25) is 9.59 Å². The van der Waals surface area contributed by atoms with Crippen molar-refractivity contribution in [3.05, 3.63) is 32.7 Å². The summed E-state index contributed by atoms with van der Waals surface area (Å²) in [6, 6.07) is 5.18. The molecule has 0 unspecified atom stereocenters. The van der Waals surface area contributed by atoms with Crippen LogP contribution in [0.25, 0.3) is 0 Å². The van der Waals surface area contributed by atoms with E-state index in [2.05, 4.69) is 31.9 Å². The summed E-state index contributed by atoms with van der Waals surface area (Å²) >= 11 is 6.58. The van der Waals surface area contributed by atoms with Crippen LogP contribution in [0.1, 0.15) is 30.6 Å². The third kappa shape index (κ3) is 5.00. The van der Waals surface area contributed by atoms with E-state index >= 15 is 0 Å². The SMILES string of the molecule is CC(C)OC(=O)CC(=O)c1cc(Br)cc(Br)c1. The van der Waals surface area contributed by atoms with Gasteiger partial charge in [-0.1, -0.05) is 31.9 Å². The maximum absolute atomic E-state index is 11.8. The van der Waals surface area contributed by atoms with Gasteiger partial charge in [-0.05, 0) is 32.0 Å². The summed E-state index contributed by atoms with van der Waals surface area (Å²) in [5.74, 6) is -0.751. The number of benzene rings is 1. The van der Waals surface area contributed by atoms with Crippen molar-refractivity contribution in [3.8, 4) is 0 Å². The van der Waals surface area contributed by atoms with Gasteiger partial charge >= 0.3 is 5.97 Å². The number of ketones is 1. The number of Topliss-reactive ketones (excluding diaryl/α,β-unsaturated/α-hetero) is 1. The van der Waals surface area contributed by atoms with Gasteiger partial charge in [0.1, 0.15) is 6.42 Å². The Morgan fingerprint density at radius 1 is 1.18 bits per heavy atom. The average Bonchev–Trinajstić information content (AvgIpc) is 2.14. The van der Waals surface area contributed by atoms with Crippen LogP contribution in [-0.2, 0) is 9.53 Å². The summed E-state index contributed by atoms with van der Waals surface area (Å²) in [7, 11) is 0. The van der Waals surface area contributed by atoms with Gasteiger partial charge in [0.05, 0.1) is 6.10 Å². The molecule has 1 rings (SSSR count). The Labute approximate surface area is 117 Å². The molecule has 0 radical (unpaired) electrons. The number of hydrogen-bond acceptors (Lipinski definition) is 3. The number of carbonyl (C=O) groups excluding carboxylic acids is 2.